The lowest BCUT2D eigenvalue weighted by Crippen LogP contribution is -2.10. The second-order valence-electron chi connectivity index (χ2n) is 6.68. The van der Waals surface area contributed by atoms with E-state index >= 15 is 0 Å². The van der Waals surface area contributed by atoms with Gasteiger partial charge in [-0.3, -0.25) is 4.79 Å². The summed E-state index contributed by atoms with van der Waals surface area (Å²) in [5, 5.41) is 1.39. The molecule has 0 aliphatic rings. The Morgan fingerprint density at radius 2 is 1.68 bits per heavy atom. The molecule has 1 aromatic heterocycles. The summed E-state index contributed by atoms with van der Waals surface area (Å²) in [6, 6.07) is 17.3. The highest BCUT2D eigenvalue weighted by Gasteiger charge is 2.19. The molecular formula is C24H18Cl2O5. The van der Waals surface area contributed by atoms with Crippen LogP contribution in [0.15, 0.2) is 69.9 Å². The van der Waals surface area contributed by atoms with E-state index < -0.39 is 0 Å². The van der Waals surface area contributed by atoms with Crippen molar-refractivity contribution in [1.29, 1.82) is 0 Å². The molecule has 0 N–H and O–H groups in total. The number of halogens is 2. The molecule has 4 rings (SSSR count). The van der Waals surface area contributed by atoms with Crippen molar-refractivity contribution in [1.82, 2.24) is 0 Å². The van der Waals surface area contributed by atoms with E-state index in [-0.39, 0.29) is 23.5 Å². The molecule has 1 heterocycles. The number of methoxy groups -OCH3 is 2. The van der Waals surface area contributed by atoms with Gasteiger partial charge in [-0.05, 0) is 42.5 Å². The average molecular weight is 457 g/mol. The minimum absolute atomic E-state index is 0.0688. The summed E-state index contributed by atoms with van der Waals surface area (Å²) in [4.78, 5) is 13.3. The summed E-state index contributed by atoms with van der Waals surface area (Å²) in [6.45, 7) is 0.0688. The maximum Gasteiger partial charge on any atom is 0.235 e. The molecule has 0 bridgehead atoms. The minimum Gasteiger partial charge on any atom is -0.493 e. The zero-order chi connectivity index (χ0) is 22.0. The normalized spacial score (nSPS) is 10.8. The number of hydrogen-bond donors (Lipinski definition) is 0. The summed E-state index contributed by atoms with van der Waals surface area (Å²) in [5.41, 5.74) is 1.47. The lowest BCUT2D eigenvalue weighted by molar-refractivity contribution is 0.298. The van der Waals surface area contributed by atoms with Crippen LogP contribution in [0.2, 0.25) is 10.0 Å². The Morgan fingerprint density at radius 1 is 0.903 bits per heavy atom. The van der Waals surface area contributed by atoms with Gasteiger partial charge in [0, 0.05) is 21.2 Å². The van der Waals surface area contributed by atoms with Gasteiger partial charge in [0.15, 0.2) is 17.3 Å². The summed E-state index contributed by atoms with van der Waals surface area (Å²) < 4.78 is 22.8. The van der Waals surface area contributed by atoms with Gasteiger partial charge in [-0.15, -0.1) is 0 Å². The van der Waals surface area contributed by atoms with Gasteiger partial charge in [-0.25, -0.2) is 0 Å². The van der Waals surface area contributed by atoms with E-state index in [4.69, 9.17) is 41.8 Å². The van der Waals surface area contributed by atoms with Gasteiger partial charge in [-0.1, -0.05) is 41.4 Å². The molecule has 4 aromatic rings. The molecule has 0 radical (unpaired) electrons. The van der Waals surface area contributed by atoms with Crippen molar-refractivity contribution < 1.29 is 18.6 Å². The Balaban J connectivity index is 1.85. The highest BCUT2D eigenvalue weighted by Crippen LogP contribution is 2.37. The van der Waals surface area contributed by atoms with Crippen LogP contribution in [0, 0.1) is 0 Å². The molecule has 158 valence electrons. The van der Waals surface area contributed by atoms with E-state index in [1.807, 2.05) is 0 Å². The Morgan fingerprint density at radius 3 is 2.42 bits per heavy atom. The first-order valence-corrected chi connectivity index (χ1v) is 10.1. The smallest absolute Gasteiger partial charge is 0.235 e. The lowest BCUT2D eigenvalue weighted by Gasteiger charge is -2.14. The maximum atomic E-state index is 13.3. The van der Waals surface area contributed by atoms with Crippen LogP contribution in [0.25, 0.3) is 22.3 Å². The van der Waals surface area contributed by atoms with Crippen LogP contribution in [0.5, 0.6) is 17.2 Å². The first-order chi connectivity index (χ1) is 15.0. The van der Waals surface area contributed by atoms with Gasteiger partial charge in [0.2, 0.25) is 11.2 Å². The van der Waals surface area contributed by atoms with E-state index in [1.165, 1.54) is 7.11 Å². The van der Waals surface area contributed by atoms with Crippen LogP contribution in [0.3, 0.4) is 0 Å². The predicted molar refractivity (Wildman–Crippen MR) is 122 cm³/mol. The zero-order valence-corrected chi connectivity index (χ0v) is 18.3. The van der Waals surface area contributed by atoms with Crippen molar-refractivity contribution in [2.75, 3.05) is 14.2 Å². The van der Waals surface area contributed by atoms with Gasteiger partial charge in [0.1, 0.15) is 12.2 Å². The molecule has 0 spiro atoms. The molecule has 7 heteroatoms. The summed E-state index contributed by atoms with van der Waals surface area (Å²) >= 11 is 12.2. The average Bonchev–Trinajstić information content (AvgIpc) is 2.79. The number of hydrogen-bond acceptors (Lipinski definition) is 5. The van der Waals surface area contributed by atoms with Gasteiger partial charge in [0.05, 0.1) is 19.6 Å². The molecule has 3 aromatic carbocycles. The first kappa shape index (κ1) is 21.1. The van der Waals surface area contributed by atoms with Crippen molar-refractivity contribution in [2.45, 2.75) is 6.61 Å². The van der Waals surface area contributed by atoms with Gasteiger partial charge >= 0.3 is 0 Å². The standard InChI is InChI=1S/C24H18Cl2O5/c1-28-20-10-8-14(11-21(20)29-2)23-24(22(27)17-5-3-4-6-19(17)31-23)30-13-15-7-9-16(25)12-18(15)26/h3-12H,13H2,1-2H3. The minimum atomic E-state index is -0.281. The Bertz CT molecular complexity index is 1310. The van der Waals surface area contributed by atoms with Gasteiger partial charge in [0.25, 0.3) is 0 Å². The number of rotatable bonds is 6. The highest BCUT2D eigenvalue weighted by atomic mass is 35.5. The molecule has 0 aliphatic carbocycles. The van der Waals surface area contributed by atoms with E-state index in [9.17, 15) is 4.79 Å². The van der Waals surface area contributed by atoms with Crippen molar-refractivity contribution >= 4 is 34.2 Å². The van der Waals surface area contributed by atoms with Crippen LogP contribution in [-0.4, -0.2) is 14.2 Å². The third-order valence-corrected chi connectivity index (χ3v) is 5.38. The second-order valence-corrected chi connectivity index (χ2v) is 7.52. The van der Waals surface area contributed by atoms with Crippen LogP contribution >= 0.6 is 23.2 Å². The van der Waals surface area contributed by atoms with Crippen molar-refractivity contribution in [2.24, 2.45) is 0 Å². The Hall–Kier alpha value is -3.15. The summed E-state index contributed by atoms with van der Waals surface area (Å²) in [6.07, 6.45) is 0. The molecule has 0 atom stereocenters. The van der Waals surface area contributed by atoms with Gasteiger partial charge < -0.3 is 18.6 Å². The largest absolute Gasteiger partial charge is 0.493 e. The second kappa shape index (κ2) is 8.92. The number of para-hydroxylation sites is 1. The van der Waals surface area contributed by atoms with E-state index in [0.717, 1.165) is 0 Å². The Labute approximate surface area is 188 Å². The quantitative estimate of drug-likeness (QED) is 0.337. The van der Waals surface area contributed by atoms with Crippen molar-refractivity contribution in [3.63, 3.8) is 0 Å². The van der Waals surface area contributed by atoms with Crippen LogP contribution in [-0.2, 0) is 6.61 Å². The predicted octanol–water partition coefficient (Wildman–Crippen LogP) is 6.36. The van der Waals surface area contributed by atoms with Crippen molar-refractivity contribution in [3.05, 3.63) is 86.5 Å². The fourth-order valence-corrected chi connectivity index (χ4v) is 3.68. The van der Waals surface area contributed by atoms with Crippen LogP contribution in [0.1, 0.15) is 5.56 Å². The molecule has 0 saturated carbocycles. The molecule has 0 fully saturated rings. The van der Waals surface area contributed by atoms with Gasteiger partial charge in [-0.2, -0.15) is 0 Å². The fraction of sp³-hybridized carbons (Fsp3) is 0.125. The zero-order valence-electron chi connectivity index (χ0n) is 16.8. The summed E-state index contributed by atoms with van der Waals surface area (Å²) in [5.74, 6) is 1.43. The van der Waals surface area contributed by atoms with E-state index in [2.05, 4.69) is 0 Å². The number of ether oxygens (including phenoxy) is 3. The summed E-state index contributed by atoms with van der Waals surface area (Å²) in [7, 11) is 3.09. The third-order valence-electron chi connectivity index (χ3n) is 4.79. The molecule has 0 saturated heterocycles. The first-order valence-electron chi connectivity index (χ1n) is 9.36. The molecule has 31 heavy (non-hydrogen) atoms. The maximum absolute atomic E-state index is 13.3. The van der Waals surface area contributed by atoms with E-state index in [1.54, 1.807) is 67.8 Å². The molecule has 0 amide bonds. The molecule has 0 aliphatic heterocycles. The van der Waals surface area contributed by atoms with Crippen molar-refractivity contribution in [3.8, 4) is 28.6 Å². The Kier molecular flexibility index (Phi) is 6.07. The lowest BCUT2D eigenvalue weighted by atomic mass is 10.1. The molecular weight excluding hydrogens is 439 g/mol. The van der Waals surface area contributed by atoms with E-state index in [0.29, 0.717) is 43.6 Å². The monoisotopic (exact) mass is 456 g/mol. The SMILES string of the molecule is COc1ccc(-c2oc3ccccc3c(=O)c2OCc2ccc(Cl)cc2Cl)cc1OC. The number of benzene rings is 3. The molecule has 5 nitrogen and oxygen atoms in total. The topological polar surface area (TPSA) is 57.9 Å². The highest BCUT2D eigenvalue weighted by molar-refractivity contribution is 6.35. The van der Waals surface area contributed by atoms with Crippen LogP contribution in [0.4, 0.5) is 0 Å². The third kappa shape index (κ3) is 4.20. The molecule has 0 unspecified atom stereocenters. The fourth-order valence-electron chi connectivity index (χ4n) is 3.21. The van der Waals surface area contributed by atoms with Crippen LogP contribution < -0.4 is 19.6 Å². The number of fused-ring (bicyclic) bond motifs is 1.